The minimum Gasteiger partial charge on any atom is -0.480 e. The molecule has 2 heterocycles. The molecule has 0 radical (unpaired) electrons. The molecule has 0 aromatic carbocycles. The number of carbonyl (C=O) groups excluding carboxylic acids is 1. The maximum Gasteiger partial charge on any atom is 0.326 e. The van der Waals surface area contributed by atoms with Crippen molar-refractivity contribution in [2.45, 2.75) is 40.2 Å². The summed E-state index contributed by atoms with van der Waals surface area (Å²) in [6, 6.07) is 0.673. The number of nitrogens with one attached hydrogen (secondary N) is 1. The Morgan fingerprint density at radius 2 is 2.05 bits per heavy atom. The highest BCUT2D eigenvalue weighted by molar-refractivity contribution is 6.07. The molecule has 0 aliphatic carbocycles. The monoisotopic (exact) mass is 305 g/mol. The van der Waals surface area contributed by atoms with Crippen LogP contribution in [0.4, 0.5) is 0 Å². The first-order valence-electron chi connectivity index (χ1n) is 7.07. The van der Waals surface area contributed by atoms with Crippen molar-refractivity contribution in [2.24, 2.45) is 5.92 Å². The van der Waals surface area contributed by atoms with Gasteiger partial charge in [-0.15, -0.1) is 0 Å². The lowest BCUT2D eigenvalue weighted by Crippen LogP contribution is -2.41. The van der Waals surface area contributed by atoms with Gasteiger partial charge in [0.05, 0.1) is 16.6 Å². The second kappa shape index (κ2) is 6.13. The van der Waals surface area contributed by atoms with Crippen LogP contribution in [0.3, 0.4) is 0 Å². The van der Waals surface area contributed by atoms with Gasteiger partial charge in [0.2, 0.25) is 0 Å². The second-order valence-corrected chi connectivity index (χ2v) is 5.75. The van der Waals surface area contributed by atoms with Gasteiger partial charge in [0, 0.05) is 5.69 Å². The third kappa shape index (κ3) is 3.24. The van der Waals surface area contributed by atoms with E-state index in [4.69, 9.17) is 4.52 Å². The Balaban J connectivity index is 2.36. The summed E-state index contributed by atoms with van der Waals surface area (Å²) in [5.41, 5.74) is 1.75. The number of aliphatic carboxylic acids is 1. The van der Waals surface area contributed by atoms with Crippen molar-refractivity contribution in [1.82, 2.24) is 15.5 Å². The largest absolute Gasteiger partial charge is 0.480 e. The van der Waals surface area contributed by atoms with E-state index in [-0.39, 0.29) is 11.6 Å². The van der Waals surface area contributed by atoms with E-state index in [1.165, 1.54) is 0 Å². The molecule has 0 aliphatic rings. The second-order valence-electron chi connectivity index (χ2n) is 5.75. The maximum absolute atomic E-state index is 12.5. The van der Waals surface area contributed by atoms with Crippen LogP contribution in [0.25, 0.3) is 11.1 Å². The first-order valence-corrected chi connectivity index (χ1v) is 7.07. The molecule has 2 N–H and O–H groups in total. The van der Waals surface area contributed by atoms with Crippen LogP contribution in [-0.4, -0.2) is 33.2 Å². The molecule has 2 aromatic rings. The summed E-state index contributed by atoms with van der Waals surface area (Å²) in [6.45, 7) is 7.25. The summed E-state index contributed by atoms with van der Waals surface area (Å²) in [4.78, 5) is 28.0. The number of hydrogen-bond acceptors (Lipinski definition) is 5. The summed E-state index contributed by atoms with van der Waals surface area (Å²) < 4.78 is 5.08. The van der Waals surface area contributed by atoms with Gasteiger partial charge in [0.15, 0.2) is 0 Å². The van der Waals surface area contributed by atoms with E-state index < -0.39 is 17.9 Å². The van der Waals surface area contributed by atoms with Crippen LogP contribution in [-0.2, 0) is 4.79 Å². The molecule has 1 amide bonds. The molecule has 118 valence electrons. The van der Waals surface area contributed by atoms with Crippen LogP contribution < -0.4 is 5.32 Å². The minimum absolute atomic E-state index is 0.151. The SMILES string of the molecule is Cc1cc(C(=O)N[C@H](CC(C)C)C(=O)O)c2c(C)noc2n1. The molecule has 7 nitrogen and oxygen atoms in total. The molecular formula is C15H19N3O4. The van der Waals surface area contributed by atoms with Crippen molar-refractivity contribution in [3.05, 3.63) is 23.0 Å². The number of aryl methyl sites for hydroxylation is 2. The van der Waals surface area contributed by atoms with E-state index in [0.717, 1.165) is 0 Å². The van der Waals surface area contributed by atoms with E-state index in [1.54, 1.807) is 19.9 Å². The Bertz CT molecular complexity index is 721. The molecule has 0 fully saturated rings. The Kier molecular flexibility index (Phi) is 4.44. The van der Waals surface area contributed by atoms with Crippen molar-refractivity contribution >= 4 is 23.0 Å². The number of hydrogen-bond donors (Lipinski definition) is 2. The van der Waals surface area contributed by atoms with Gasteiger partial charge < -0.3 is 14.9 Å². The summed E-state index contributed by atoms with van der Waals surface area (Å²) in [5.74, 6) is -1.36. The zero-order chi connectivity index (χ0) is 16.4. The first kappa shape index (κ1) is 15.9. The lowest BCUT2D eigenvalue weighted by atomic mass is 10.0. The van der Waals surface area contributed by atoms with Crippen molar-refractivity contribution in [3.63, 3.8) is 0 Å². The molecule has 0 saturated carbocycles. The average Bonchev–Trinajstić information content (AvgIpc) is 2.77. The highest BCUT2D eigenvalue weighted by Crippen LogP contribution is 2.22. The van der Waals surface area contributed by atoms with Crippen LogP contribution in [0.5, 0.6) is 0 Å². The summed E-state index contributed by atoms with van der Waals surface area (Å²) >= 11 is 0. The Morgan fingerprint density at radius 1 is 1.36 bits per heavy atom. The molecular weight excluding hydrogens is 286 g/mol. The van der Waals surface area contributed by atoms with Gasteiger partial charge in [0.25, 0.3) is 11.6 Å². The lowest BCUT2D eigenvalue weighted by Gasteiger charge is -2.16. The zero-order valence-corrected chi connectivity index (χ0v) is 13.0. The maximum atomic E-state index is 12.5. The zero-order valence-electron chi connectivity index (χ0n) is 13.0. The molecule has 1 atom stereocenters. The van der Waals surface area contributed by atoms with Crippen LogP contribution >= 0.6 is 0 Å². The predicted octanol–water partition coefficient (Wildman–Crippen LogP) is 2.07. The van der Waals surface area contributed by atoms with E-state index in [9.17, 15) is 14.7 Å². The van der Waals surface area contributed by atoms with Gasteiger partial charge in [-0.2, -0.15) is 0 Å². The van der Waals surface area contributed by atoms with Gasteiger partial charge >= 0.3 is 5.97 Å². The van der Waals surface area contributed by atoms with E-state index >= 15 is 0 Å². The summed E-state index contributed by atoms with van der Waals surface area (Å²) in [7, 11) is 0. The fraction of sp³-hybridized carbons (Fsp3) is 0.467. The Morgan fingerprint density at radius 3 is 2.64 bits per heavy atom. The van der Waals surface area contributed by atoms with Crippen molar-refractivity contribution < 1.29 is 19.2 Å². The standard InChI is InChI=1S/C15H19N3O4/c1-7(2)5-11(15(20)21)17-13(19)10-6-8(3)16-14-12(10)9(4)18-22-14/h6-7,11H,5H2,1-4H3,(H,17,19)(H,20,21)/t11-/m1/s1. The number of aromatic nitrogens is 2. The van der Waals surface area contributed by atoms with Crippen molar-refractivity contribution in [3.8, 4) is 0 Å². The topological polar surface area (TPSA) is 105 Å². The van der Waals surface area contributed by atoms with E-state index in [1.807, 2.05) is 13.8 Å². The number of rotatable bonds is 5. The number of fused-ring (bicyclic) bond motifs is 1. The molecule has 2 aromatic heterocycles. The Hall–Kier alpha value is -2.44. The Labute approximate surface area is 127 Å². The quantitative estimate of drug-likeness (QED) is 0.876. The fourth-order valence-corrected chi connectivity index (χ4v) is 2.33. The molecule has 22 heavy (non-hydrogen) atoms. The molecule has 0 unspecified atom stereocenters. The number of carboxylic acid groups (broad SMARTS) is 1. The minimum atomic E-state index is -1.05. The molecule has 0 aliphatic heterocycles. The predicted molar refractivity (Wildman–Crippen MR) is 79.6 cm³/mol. The third-order valence-electron chi connectivity index (χ3n) is 3.30. The van der Waals surface area contributed by atoms with Gasteiger partial charge in [-0.1, -0.05) is 19.0 Å². The van der Waals surface area contributed by atoms with Crippen LogP contribution in [0.1, 0.15) is 42.0 Å². The van der Waals surface area contributed by atoms with Gasteiger partial charge in [-0.3, -0.25) is 4.79 Å². The van der Waals surface area contributed by atoms with Crippen molar-refractivity contribution in [2.75, 3.05) is 0 Å². The summed E-state index contributed by atoms with van der Waals surface area (Å²) in [5, 5.41) is 16.1. The number of nitrogens with zero attached hydrogens (tertiary/aromatic N) is 2. The van der Waals surface area contributed by atoms with E-state index in [0.29, 0.717) is 28.8 Å². The average molecular weight is 305 g/mol. The van der Waals surface area contributed by atoms with Crippen LogP contribution in [0, 0.1) is 19.8 Å². The highest BCUT2D eigenvalue weighted by Gasteiger charge is 2.24. The van der Waals surface area contributed by atoms with Gasteiger partial charge in [-0.05, 0) is 32.3 Å². The third-order valence-corrected chi connectivity index (χ3v) is 3.30. The normalized spacial score (nSPS) is 12.6. The highest BCUT2D eigenvalue weighted by atomic mass is 16.5. The van der Waals surface area contributed by atoms with Crippen LogP contribution in [0.2, 0.25) is 0 Å². The molecule has 7 heteroatoms. The summed E-state index contributed by atoms with van der Waals surface area (Å²) in [6.07, 6.45) is 0.358. The fourth-order valence-electron chi connectivity index (χ4n) is 2.33. The van der Waals surface area contributed by atoms with Crippen molar-refractivity contribution in [1.29, 1.82) is 0 Å². The molecule has 0 spiro atoms. The van der Waals surface area contributed by atoms with E-state index in [2.05, 4.69) is 15.5 Å². The van der Waals surface area contributed by atoms with Gasteiger partial charge in [0.1, 0.15) is 6.04 Å². The molecule has 0 bridgehead atoms. The number of carbonyl (C=O) groups is 2. The number of amides is 1. The number of pyridine rings is 1. The smallest absolute Gasteiger partial charge is 0.326 e. The number of carboxylic acids is 1. The lowest BCUT2D eigenvalue weighted by molar-refractivity contribution is -0.139. The molecule has 2 rings (SSSR count). The van der Waals surface area contributed by atoms with Crippen LogP contribution in [0.15, 0.2) is 10.6 Å². The van der Waals surface area contributed by atoms with Gasteiger partial charge in [-0.25, -0.2) is 9.78 Å². The first-order chi connectivity index (χ1) is 10.3. The molecule has 0 saturated heterocycles.